The fourth-order valence-electron chi connectivity index (χ4n) is 4.08. The Hall–Kier alpha value is -2.50. The summed E-state index contributed by atoms with van der Waals surface area (Å²) in [4.78, 5) is -4.40. The van der Waals surface area contributed by atoms with Gasteiger partial charge in [0.15, 0.2) is 0 Å². The van der Waals surface area contributed by atoms with Crippen molar-refractivity contribution in [2.24, 2.45) is 0 Å². The maximum Gasteiger partial charge on any atom is 0.460 e. The number of halogens is 35. The van der Waals surface area contributed by atoms with Crippen molar-refractivity contribution in [2.75, 3.05) is 0 Å². The lowest BCUT2D eigenvalue weighted by atomic mass is 9.87. The largest absolute Gasteiger partial charge is 0.460 e. The van der Waals surface area contributed by atoms with Crippen LogP contribution in [0.5, 0.6) is 0 Å². The third-order valence-electron chi connectivity index (χ3n) is 7.67. The molecule has 2 aromatic heterocycles. The van der Waals surface area contributed by atoms with E-state index in [1.807, 2.05) is 15.9 Å². The highest BCUT2D eigenvalue weighted by atomic mass is 79.9. The molecule has 61 heavy (non-hydrogen) atoms. The van der Waals surface area contributed by atoms with Gasteiger partial charge < -0.3 is 0 Å². The van der Waals surface area contributed by atoms with Crippen molar-refractivity contribution in [1.29, 1.82) is 0 Å². The molecule has 0 aliphatic heterocycles. The molecule has 37 heteroatoms. The van der Waals surface area contributed by atoms with E-state index in [4.69, 9.17) is 0 Å². The first kappa shape index (κ1) is 54.6. The monoisotopic (exact) mass is 1080 g/mol. The van der Waals surface area contributed by atoms with Gasteiger partial charge in [0.2, 0.25) is 0 Å². The molecule has 356 valence electrons. The molecule has 0 nitrogen and oxygen atoms in total. The lowest BCUT2D eigenvalue weighted by Crippen LogP contribution is -2.74. The topological polar surface area (TPSA) is 0 Å². The second kappa shape index (κ2) is 14.2. The summed E-state index contributed by atoms with van der Waals surface area (Å²) in [5, 5.41) is -0.956. The van der Waals surface area contributed by atoms with Crippen LogP contribution in [0.25, 0.3) is 9.75 Å². The van der Waals surface area contributed by atoms with Crippen LogP contribution in [0.4, 0.5) is 149 Å². The van der Waals surface area contributed by atoms with Crippen molar-refractivity contribution < 1.29 is 149 Å². The molecular weight excluding hydrogens is 1080 g/mol. The van der Waals surface area contributed by atoms with Gasteiger partial charge in [0, 0.05) is 21.4 Å². The summed E-state index contributed by atoms with van der Waals surface area (Å²) in [6.45, 7) is 0. The smallest absolute Gasteiger partial charge is 0.194 e. The van der Waals surface area contributed by atoms with Crippen molar-refractivity contribution in [1.82, 2.24) is 0 Å². The Balaban J connectivity index is 2.81. The lowest BCUT2D eigenvalue weighted by Gasteiger charge is -2.42. The maximum absolute atomic E-state index is 15.1. The molecule has 0 aromatic carbocycles. The van der Waals surface area contributed by atoms with Gasteiger partial charge in [-0.1, -0.05) is 0 Å². The van der Waals surface area contributed by atoms with Crippen LogP contribution in [0, 0.1) is 0 Å². The van der Waals surface area contributed by atoms with E-state index < -0.39 is 160 Å². The van der Waals surface area contributed by atoms with Crippen molar-refractivity contribution in [3.63, 3.8) is 0 Å². The summed E-state index contributed by atoms with van der Waals surface area (Å²) in [5.74, 6) is -122. The number of hydrogen-bond acceptors (Lipinski definition) is 2. The van der Waals surface area contributed by atoms with Crippen LogP contribution in [0.15, 0.2) is 21.3 Å². The maximum atomic E-state index is 15.1. The summed E-state index contributed by atoms with van der Waals surface area (Å²) in [7, 11) is 0. The molecular formula is C24H3BrF34S2. The van der Waals surface area contributed by atoms with E-state index in [0.717, 1.165) is 0 Å². The van der Waals surface area contributed by atoms with E-state index in [1.54, 1.807) is 0 Å². The van der Waals surface area contributed by atoms with Gasteiger partial charge in [-0.3, -0.25) is 0 Å². The second-order valence-electron chi connectivity index (χ2n) is 11.5. The molecule has 2 rings (SSSR count). The van der Waals surface area contributed by atoms with Crippen LogP contribution in [-0.2, 0) is 11.8 Å². The molecule has 0 fully saturated rings. The number of rotatable bonds is 15. The molecule has 2 heterocycles. The molecule has 0 aliphatic carbocycles. The number of hydrogen-bond donors (Lipinski definition) is 0. The molecule has 0 radical (unpaired) electrons. The molecule has 0 amide bonds. The van der Waals surface area contributed by atoms with Gasteiger partial charge in [0.25, 0.3) is 0 Å². The van der Waals surface area contributed by atoms with Crippen molar-refractivity contribution >= 4 is 38.6 Å². The van der Waals surface area contributed by atoms with Gasteiger partial charge in [0.1, 0.15) is 0 Å². The molecule has 0 bridgehead atoms. The van der Waals surface area contributed by atoms with Gasteiger partial charge in [0.05, 0.1) is 8.66 Å². The van der Waals surface area contributed by atoms with E-state index >= 15 is 8.78 Å². The van der Waals surface area contributed by atoms with E-state index in [-0.39, 0.29) is 0 Å². The highest BCUT2D eigenvalue weighted by Crippen LogP contribution is 2.68. The van der Waals surface area contributed by atoms with E-state index in [1.165, 1.54) is 0 Å². The molecule has 0 spiro atoms. The van der Waals surface area contributed by atoms with E-state index in [9.17, 15) is 140 Å². The highest BCUT2D eigenvalue weighted by Gasteiger charge is 2.97. The molecule has 0 atom stereocenters. The van der Waals surface area contributed by atoms with E-state index in [0.29, 0.717) is 0 Å². The second-order valence-corrected chi connectivity index (χ2v) is 14.9. The standard InChI is InChI=1S/C24H3BrF34S2/c25-7-2-5(10(28,29)12(32,33)14(36,37)16(40,41)18(44,45)20(48,49)22(52,53)24(57,58)59)8(61-7)6-1-4(3-60-6)9(26,27)11(30,31)13(34,35)15(38,39)17(42,43)19(46,47)21(50,51)23(54,55)56/h1-3H. The zero-order valence-electron chi connectivity index (χ0n) is 26.3. The van der Waals surface area contributed by atoms with Gasteiger partial charge in [-0.05, 0) is 28.1 Å². The highest BCUT2D eigenvalue weighted by molar-refractivity contribution is 9.11. The quantitative estimate of drug-likeness (QED) is 0.156. The minimum atomic E-state index is -9.17. The zero-order valence-corrected chi connectivity index (χ0v) is 29.5. The predicted octanol–water partition coefficient (Wildman–Crippen LogP) is 15.2. The Morgan fingerprint density at radius 2 is 0.590 bits per heavy atom. The summed E-state index contributed by atoms with van der Waals surface area (Å²) < 4.78 is 464. The van der Waals surface area contributed by atoms with Crippen LogP contribution in [0.3, 0.4) is 0 Å². The Morgan fingerprint density at radius 3 is 0.885 bits per heavy atom. The molecule has 0 saturated carbocycles. The first-order valence-corrected chi connectivity index (χ1v) is 15.9. The lowest BCUT2D eigenvalue weighted by molar-refractivity contribution is -0.462. The summed E-state index contributed by atoms with van der Waals surface area (Å²) in [6.07, 6.45) is -16.2. The Kier molecular flexibility index (Phi) is 12.8. The molecule has 0 saturated heterocycles. The zero-order chi connectivity index (χ0) is 49.4. The number of thiophene rings is 2. The Labute approximate surface area is 325 Å². The fourth-order valence-corrected chi connectivity index (χ4v) is 6.77. The summed E-state index contributed by atoms with van der Waals surface area (Å²) >= 11 is 0.0350. The Morgan fingerprint density at radius 1 is 0.328 bits per heavy atom. The number of alkyl halides is 34. The molecule has 0 aliphatic rings. The van der Waals surface area contributed by atoms with Crippen LogP contribution in [0.1, 0.15) is 11.1 Å². The third kappa shape index (κ3) is 6.88. The molecule has 0 unspecified atom stereocenters. The normalized spacial score (nSPS) is 16.4. The Bertz CT molecular complexity index is 1920. The van der Waals surface area contributed by atoms with E-state index in [2.05, 4.69) is 0 Å². The molecule has 0 N–H and O–H groups in total. The summed E-state index contributed by atoms with van der Waals surface area (Å²) in [6, 6.07) is -1.96. The van der Waals surface area contributed by atoms with Crippen molar-refractivity contribution in [3.05, 3.63) is 32.4 Å². The van der Waals surface area contributed by atoms with Crippen molar-refractivity contribution in [3.8, 4) is 9.75 Å². The van der Waals surface area contributed by atoms with Crippen LogP contribution in [0.2, 0.25) is 0 Å². The van der Waals surface area contributed by atoms with Crippen LogP contribution >= 0.6 is 38.6 Å². The average Bonchev–Trinajstić information content (AvgIpc) is 3.70. The van der Waals surface area contributed by atoms with Crippen molar-refractivity contribution in [2.45, 2.75) is 95.3 Å². The van der Waals surface area contributed by atoms with Gasteiger partial charge in [-0.15, -0.1) is 22.7 Å². The van der Waals surface area contributed by atoms with Crippen LogP contribution in [-0.4, -0.2) is 83.4 Å². The first-order valence-electron chi connectivity index (χ1n) is 13.4. The SMILES string of the molecule is FC(F)(F)C(F)(F)C(F)(F)C(F)(F)C(F)(F)C(F)(F)C(F)(F)C(F)(F)c1csc(-c2sc(Br)cc2C(F)(F)C(F)(F)C(F)(F)C(F)(F)C(F)(F)C(F)(F)C(F)(F)C(F)(F)F)c1. The fraction of sp³-hybridized carbons (Fsp3) is 0.667. The first-order chi connectivity index (χ1) is 26.1. The predicted molar refractivity (Wildman–Crippen MR) is 135 cm³/mol. The molecule has 2 aromatic rings. The minimum absolute atomic E-state index is 0.799. The van der Waals surface area contributed by atoms with Gasteiger partial charge in [-0.25, -0.2) is 0 Å². The third-order valence-corrected chi connectivity index (χ3v) is 10.4. The van der Waals surface area contributed by atoms with Crippen LogP contribution < -0.4 is 0 Å². The summed E-state index contributed by atoms with van der Waals surface area (Å²) in [5.41, 5.74) is -6.49. The van der Waals surface area contributed by atoms with Gasteiger partial charge >= 0.3 is 95.3 Å². The average molecular weight is 1080 g/mol. The minimum Gasteiger partial charge on any atom is -0.194 e. The van der Waals surface area contributed by atoms with Gasteiger partial charge in [-0.2, -0.15) is 149 Å².